The monoisotopic (exact) mass is 320 g/mol. The molecule has 0 unspecified atom stereocenters. The van der Waals surface area contributed by atoms with Crippen LogP contribution in [0.1, 0.15) is 44.4 Å². The van der Waals surface area contributed by atoms with Gasteiger partial charge in [-0.3, -0.25) is 0 Å². The van der Waals surface area contributed by atoms with Gasteiger partial charge in [0.1, 0.15) is 6.10 Å². The zero-order valence-corrected chi connectivity index (χ0v) is 14.2. The van der Waals surface area contributed by atoms with Gasteiger partial charge in [0.2, 0.25) is 11.8 Å². The predicted molar refractivity (Wildman–Crippen MR) is 90.1 cm³/mol. The van der Waals surface area contributed by atoms with Crippen LogP contribution >= 0.6 is 0 Å². The van der Waals surface area contributed by atoms with Crippen molar-refractivity contribution in [2.24, 2.45) is 0 Å². The van der Waals surface area contributed by atoms with E-state index < -0.39 is 0 Å². The van der Waals surface area contributed by atoms with Crippen LogP contribution in [0.5, 0.6) is 5.88 Å². The van der Waals surface area contributed by atoms with Gasteiger partial charge in [0.25, 0.3) is 0 Å². The molecule has 2 fully saturated rings. The molecule has 2 N–H and O–H groups in total. The van der Waals surface area contributed by atoms with Crippen LogP contribution in [0.15, 0.2) is 0 Å². The summed E-state index contributed by atoms with van der Waals surface area (Å²) in [6.07, 6.45) is 4.03. The maximum Gasteiger partial charge on any atom is 0.228 e. The molecule has 1 aromatic heterocycles. The van der Waals surface area contributed by atoms with Crippen molar-refractivity contribution in [2.75, 3.05) is 31.1 Å². The third-order valence-electron chi connectivity index (χ3n) is 4.77. The molecule has 1 saturated heterocycles. The minimum absolute atomic E-state index is 0.0748. The number of aliphatic hydroxyl groups is 1. The van der Waals surface area contributed by atoms with Gasteiger partial charge >= 0.3 is 0 Å². The van der Waals surface area contributed by atoms with Crippen LogP contribution in [-0.4, -0.2) is 53.5 Å². The van der Waals surface area contributed by atoms with Crippen LogP contribution in [0.4, 0.5) is 5.95 Å². The highest BCUT2D eigenvalue weighted by molar-refractivity contribution is 5.41. The minimum atomic E-state index is -0.231. The normalized spacial score (nSPS) is 24.9. The van der Waals surface area contributed by atoms with Gasteiger partial charge in [0.05, 0.1) is 11.8 Å². The highest BCUT2D eigenvalue weighted by Crippen LogP contribution is 2.29. The van der Waals surface area contributed by atoms with E-state index in [0.29, 0.717) is 6.42 Å². The average Bonchev–Trinajstić information content (AvgIpc) is 2.99. The van der Waals surface area contributed by atoms with E-state index in [0.717, 1.165) is 74.9 Å². The van der Waals surface area contributed by atoms with Gasteiger partial charge in [-0.1, -0.05) is 13.8 Å². The summed E-state index contributed by atoms with van der Waals surface area (Å²) < 4.78 is 6.19. The molecule has 2 heterocycles. The third kappa shape index (κ3) is 3.75. The van der Waals surface area contributed by atoms with Crippen LogP contribution in [0.3, 0.4) is 0 Å². The fraction of sp³-hybridized carbons (Fsp3) is 0.765. The molecule has 1 aliphatic heterocycles. The molecule has 1 saturated carbocycles. The van der Waals surface area contributed by atoms with Gasteiger partial charge in [-0.25, -0.2) is 4.98 Å². The number of hydrogen-bond acceptors (Lipinski definition) is 6. The zero-order chi connectivity index (χ0) is 16.2. The van der Waals surface area contributed by atoms with E-state index in [1.807, 2.05) is 0 Å². The molecule has 0 amide bonds. The summed E-state index contributed by atoms with van der Waals surface area (Å²) >= 11 is 0. The highest BCUT2D eigenvalue weighted by atomic mass is 16.5. The topological polar surface area (TPSA) is 70.5 Å². The number of aliphatic hydroxyl groups excluding tert-OH is 1. The van der Waals surface area contributed by atoms with E-state index >= 15 is 0 Å². The lowest BCUT2D eigenvalue weighted by molar-refractivity contribution is 0.146. The molecule has 0 radical (unpaired) electrons. The molecule has 2 aliphatic rings. The van der Waals surface area contributed by atoms with Crippen LogP contribution in [0, 0.1) is 0 Å². The van der Waals surface area contributed by atoms with E-state index in [9.17, 15) is 5.11 Å². The van der Waals surface area contributed by atoms with Crippen molar-refractivity contribution in [1.82, 2.24) is 15.3 Å². The molecule has 128 valence electrons. The zero-order valence-electron chi connectivity index (χ0n) is 14.2. The Labute approximate surface area is 138 Å². The van der Waals surface area contributed by atoms with Gasteiger partial charge in [0.15, 0.2) is 0 Å². The Bertz CT molecular complexity index is 532. The smallest absolute Gasteiger partial charge is 0.228 e. The van der Waals surface area contributed by atoms with Crippen molar-refractivity contribution < 1.29 is 9.84 Å². The van der Waals surface area contributed by atoms with Gasteiger partial charge in [-0.2, -0.15) is 4.98 Å². The number of hydrogen-bond donors (Lipinski definition) is 2. The second-order valence-corrected chi connectivity index (χ2v) is 6.40. The lowest BCUT2D eigenvalue weighted by Gasteiger charge is -2.28. The first-order valence-electron chi connectivity index (χ1n) is 8.91. The van der Waals surface area contributed by atoms with Crippen LogP contribution in [-0.2, 0) is 12.8 Å². The maximum absolute atomic E-state index is 9.74. The molecular weight excluding hydrogens is 292 g/mol. The third-order valence-corrected chi connectivity index (χ3v) is 4.77. The summed E-state index contributed by atoms with van der Waals surface area (Å²) in [5.41, 5.74) is 2.21. The number of aromatic nitrogens is 2. The van der Waals surface area contributed by atoms with E-state index in [1.54, 1.807) is 0 Å². The maximum atomic E-state index is 9.74. The van der Waals surface area contributed by atoms with Crippen molar-refractivity contribution in [3.8, 4) is 5.88 Å². The van der Waals surface area contributed by atoms with Gasteiger partial charge in [-0.05, 0) is 25.7 Å². The first-order valence-corrected chi connectivity index (χ1v) is 8.91. The number of anilines is 1. The molecule has 0 aromatic carbocycles. The Kier molecular flexibility index (Phi) is 5.33. The average molecular weight is 320 g/mol. The van der Waals surface area contributed by atoms with Gasteiger partial charge in [-0.15, -0.1) is 0 Å². The Morgan fingerprint density at radius 1 is 1.17 bits per heavy atom. The summed E-state index contributed by atoms with van der Waals surface area (Å²) in [6, 6.07) is 0. The Morgan fingerprint density at radius 2 is 1.96 bits per heavy atom. The molecule has 6 nitrogen and oxygen atoms in total. The molecule has 1 aromatic rings. The lowest BCUT2D eigenvalue weighted by Crippen LogP contribution is -2.44. The summed E-state index contributed by atoms with van der Waals surface area (Å²) in [7, 11) is 0. The molecule has 6 heteroatoms. The van der Waals surface area contributed by atoms with E-state index in [4.69, 9.17) is 14.7 Å². The number of aryl methyl sites for hydroxylation is 1. The van der Waals surface area contributed by atoms with Crippen LogP contribution < -0.4 is 15.0 Å². The van der Waals surface area contributed by atoms with E-state index in [1.165, 1.54) is 0 Å². The van der Waals surface area contributed by atoms with Crippen molar-refractivity contribution in [3.63, 3.8) is 0 Å². The summed E-state index contributed by atoms with van der Waals surface area (Å²) in [4.78, 5) is 11.8. The van der Waals surface area contributed by atoms with Crippen LogP contribution in [0.2, 0.25) is 0 Å². The molecule has 2 atom stereocenters. The van der Waals surface area contributed by atoms with Crippen molar-refractivity contribution in [3.05, 3.63) is 11.3 Å². The fourth-order valence-corrected chi connectivity index (χ4v) is 3.43. The molecule has 3 rings (SSSR count). The van der Waals surface area contributed by atoms with Crippen molar-refractivity contribution in [1.29, 1.82) is 0 Å². The van der Waals surface area contributed by atoms with Gasteiger partial charge < -0.3 is 20.1 Å². The van der Waals surface area contributed by atoms with Crippen LogP contribution in [0.25, 0.3) is 0 Å². The predicted octanol–water partition coefficient (Wildman–Crippen LogP) is 1.30. The lowest BCUT2D eigenvalue weighted by atomic mass is 10.1. The minimum Gasteiger partial charge on any atom is -0.474 e. The highest BCUT2D eigenvalue weighted by Gasteiger charge is 2.27. The number of rotatable bonds is 5. The number of nitrogens with one attached hydrogen (secondary N) is 1. The van der Waals surface area contributed by atoms with E-state index in [-0.39, 0.29) is 12.2 Å². The second kappa shape index (κ2) is 7.45. The number of nitrogens with zero attached hydrogens (tertiary/aromatic N) is 3. The van der Waals surface area contributed by atoms with Crippen molar-refractivity contribution >= 4 is 5.95 Å². The summed E-state index contributed by atoms with van der Waals surface area (Å²) in [6.45, 7) is 8.04. The molecule has 23 heavy (non-hydrogen) atoms. The van der Waals surface area contributed by atoms with Crippen molar-refractivity contribution in [2.45, 2.75) is 58.2 Å². The Hall–Kier alpha value is -1.40. The Morgan fingerprint density at radius 3 is 2.57 bits per heavy atom. The summed E-state index contributed by atoms with van der Waals surface area (Å²) in [5, 5.41) is 13.1. The largest absolute Gasteiger partial charge is 0.474 e. The Balaban J connectivity index is 1.87. The SMILES string of the molecule is CCc1nc(N2CCNCC2)nc(O[C@H]2CC[C@H](O)C2)c1CC. The quantitative estimate of drug-likeness (QED) is 0.852. The van der Waals surface area contributed by atoms with E-state index in [2.05, 4.69) is 24.1 Å². The summed E-state index contributed by atoms with van der Waals surface area (Å²) in [5.74, 6) is 1.51. The first kappa shape index (κ1) is 16.5. The molecular formula is C17H28N4O2. The first-order chi connectivity index (χ1) is 11.2. The molecule has 0 spiro atoms. The number of ether oxygens (including phenoxy) is 1. The fourth-order valence-electron chi connectivity index (χ4n) is 3.43. The number of piperazine rings is 1. The second-order valence-electron chi connectivity index (χ2n) is 6.40. The molecule has 1 aliphatic carbocycles. The standard InChI is InChI=1S/C17H28N4O2/c1-3-14-15(4-2)19-17(21-9-7-18-8-10-21)20-16(14)23-13-6-5-12(22)11-13/h12-13,18,22H,3-11H2,1-2H3/t12-,13-/m0/s1. The van der Waals surface area contributed by atoms with Gasteiger partial charge in [0, 0.05) is 38.2 Å². The molecule has 0 bridgehead atoms.